The van der Waals surface area contributed by atoms with Gasteiger partial charge in [0.2, 0.25) is 0 Å². The van der Waals surface area contributed by atoms with Crippen LogP contribution < -0.4 is 0 Å². The van der Waals surface area contributed by atoms with Gasteiger partial charge in [0.1, 0.15) is 0 Å². The van der Waals surface area contributed by atoms with Gasteiger partial charge in [0.05, 0.1) is 23.7 Å². The Balaban J connectivity index is 2.04. The first-order chi connectivity index (χ1) is 7.16. The molecule has 1 N–H and O–H groups in total. The van der Waals surface area contributed by atoms with Crippen molar-refractivity contribution in [3.8, 4) is 0 Å². The number of hydrogen-bond acceptors (Lipinski definition) is 4. The zero-order valence-electron chi connectivity index (χ0n) is 8.00. The molecule has 1 heterocycles. The van der Waals surface area contributed by atoms with Crippen LogP contribution in [-0.4, -0.2) is 22.7 Å². The third-order valence-electron chi connectivity index (χ3n) is 2.38. The lowest BCUT2D eigenvalue weighted by atomic mass is 10.1. The third kappa shape index (κ3) is 2.51. The lowest BCUT2D eigenvalue weighted by molar-refractivity contribution is -0.384. The molecule has 1 aliphatic heterocycles. The molecule has 2 atom stereocenters. The molecule has 0 spiro atoms. The van der Waals surface area contributed by atoms with Gasteiger partial charge in [-0.1, -0.05) is 0 Å². The number of ether oxygens (including phenoxy) is 1. The highest BCUT2D eigenvalue weighted by atomic mass is 16.6. The van der Waals surface area contributed by atoms with E-state index in [2.05, 4.69) is 0 Å². The van der Waals surface area contributed by atoms with Crippen LogP contribution in [-0.2, 0) is 4.74 Å². The smallest absolute Gasteiger partial charge is 0.269 e. The van der Waals surface area contributed by atoms with Gasteiger partial charge in [-0.05, 0) is 17.7 Å². The normalized spacial score (nSPS) is 21.0. The summed E-state index contributed by atoms with van der Waals surface area (Å²) < 4.78 is 4.99. The predicted octanol–water partition coefficient (Wildman–Crippen LogP) is 1.42. The summed E-state index contributed by atoms with van der Waals surface area (Å²) in [7, 11) is 0. The van der Waals surface area contributed by atoms with Crippen molar-refractivity contribution in [2.24, 2.45) is 0 Å². The molecule has 0 radical (unpaired) electrons. The van der Waals surface area contributed by atoms with Crippen molar-refractivity contribution in [2.75, 3.05) is 6.61 Å². The Kier molecular flexibility index (Phi) is 2.66. The van der Waals surface area contributed by atoms with E-state index in [9.17, 15) is 15.2 Å². The van der Waals surface area contributed by atoms with Crippen molar-refractivity contribution >= 4 is 5.69 Å². The highest BCUT2D eigenvalue weighted by Gasteiger charge is 2.26. The largest absolute Gasteiger partial charge is 0.388 e. The van der Waals surface area contributed by atoms with Gasteiger partial charge < -0.3 is 9.84 Å². The average Bonchev–Trinajstić information content (AvgIpc) is 3.02. The molecule has 0 aliphatic carbocycles. The molecule has 1 fully saturated rings. The number of nitro benzene ring substituents is 1. The number of aliphatic hydroxyl groups is 1. The maximum atomic E-state index is 10.4. The predicted molar refractivity (Wildman–Crippen MR) is 52.4 cm³/mol. The highest BCUT2D eigenvalue weighted by Crippen LogP contribution is 2.26. The van der Waals surface area contributed by atoms with E-state index in [0.29, 0.717) is 18.6 Å². The Bertz CT molecular complexity index is 358. The van der Waals surface area contributed by atoms with Gasteiger partial charge in [-0.15, -0.1) is 0 Å². The summed E-state index contributed by atoms with van der Waals surface area (Å²) in [6.07, 6.45) is 0.103. The van der Waals surface area contributed by atoms with E-state index in [1.165, 1.54) is 12.1 Å². The standard InChI is InChI=1S/C10H11NO4/c12-10(5-9-6-15-9)7-1-3-8(4-2-7)11(13)14/h1-4,9-10,12H,5-6H2. The quantitative estimate of drug-likeness (QED) is 0.462. The van der Waals surface area contributed by atoms with E-state index in [1.807, 2.05) is 0 Å². The summed E-state index contributed by atoms with van der Waals surface area (Å²) in [6.45, 7) is 0.698. The summed E-state index contributed by atoms with van der Waals surface area (Å²) in [5, 5.41) is 20.1. The second-order valence-corrected chi connectivity index (χ2v) is 3.56. The van der Waals surface area contributed by atoms with Crippen molar-refractivity contribution in [1.29, 1.82) is 0 Å². The van der Waals surface area contributed by atoms with Crippen LogP contribution in [0, 0.1) is 10.1 Å². The first-order valence-corrected chi connectivity index (χ1v) is 4.71. The lowest BCUT2D eigenvalue weighted by Crippen LogP contribution is -2.01. The molecule has 2 rings (SSSR count). The van der Waals surface area contributed by atoms with Crippen molar-refractivity contribution in [1.82, 2.24) is 0 Å². The fourth-order valence-corrected chi connectivity index (χ4v) is 1.41. The molecule has 5 nitrogen and oxygen atoms in total. The van der Waals surface area contributed by atoms with E-state index in [1.54, 1.807) is 12.1 Å². The summed E-state index contributed by atoms with van der Waals surface area (Å²) in [5.41, 5.74) is 0.727. The molecule has 2 unspecified atom stereocenters. The summed E-state index contributed by atoms with van der Waals surface area (Å²) in [5.74, 6) is 0. The topological polar surface area (TPSA) is 75.9 Å². The highest BCUT2D eigenvalue weighted by molar-refractivity contribution is 5.33. The van der Waals surface area contributed by atoms with Gasteiger partial charge in [-0.2, -0.15) is 0 Å². The molecule has 0 aromatic heterocycles. The number of nitrogens with zero attached hydrogens (tertiary/aromatic N) is 1. The Labute approximate surface area is 86.4 Å². The minimum absolute atomic E-state index is 0.0358. The van der Waals surface area contributed by atoms with Crippen LogP contribution in [0.3, 0.4) is 0 Å². The van der Waals surface area contributed by atoms with Crippen LogP contribution in [0.4, 0.5) is 5.69 Å². The summed E-state index contributed by atoms with van der Waals surface area (Å²) >= 11 is 0. The lowest BCUT2D eigenvalue weighted by Gasteiger charge is -2.08. The fraction of sp³-hybridized carbons (Fsp3) is 0.400. The molecule has 0 bridgehead atoms. The molecular formula is C10H11NO4. The number of aliphatic hydroxyl groups excluding tert-OH is 1. The van der Waals surface area contributed by atoms with E-state index in [4.69, 9.17) is 4.74 Å². The molecule has 1 saturated heterocycles. The third-order valence-corrected chi connectivity index (χ3v) is 2.38. The number of nitro groups is 1. The van der Waals surface area contributed by atoms with Crippen molar-refractivity contribution < 1.29 is 14.8 Å². The molecule has 15 heavy (non-hydrogen) atoms. The molecule has 0 saturated carbocycles. The Morgan fingerprint density at radius 2 is 2.13 bits per heavy atom. The zero-order chi connectivity index (χ0) is 10.8. The molecule has 1 aromatic rings. The van der Waals surface area contributed by atoms with Gasteiger partial charge in [-0.25, -0.2) is 0 Å². The molecule has 1 aliphatic rings. The second kappa shape index (κ2) is 3.96. The van der Waals surface area contributed by atoms with E-state index in [0.717, 1.165) is 0 Å². The van der Waals surface area contributed by atoms with Crippen molar-refractivity contribution in [3.05, 3.63) is 39.9 Å². The maximum Gasteiger partial charge on any atom is 0.269 e. The van der Waals surface area contributed by atoms with E-state index in [-0.39, 0.29) is 11.8 Å². The Hall–Kier alpha value is -1.46. The second-order valence-electron chi connectivity index (χ2n) is 3.56. The molecule has 0 amide bonds. The number of benzene rings is 1. The maximum absolute atomic E-state index is 10.4. The van der Waals surface area contributed by atoms with Gasteiger partial charge in [0, 0.05) is 18.6 Å². The first kappa shape index (κ1) is 10.1. The zero-order valence-corrected chi connectivity index (χ0v) is 8.00. The molecule has 5 heteroatoms. The van der Waals surface area contributed by atoms with Crippen LogP contribution in [0.25, 0.3) is 0 Å². The number of rotatable bonds is 4. The van der Waals surface area contributed by atoms with Crippen LogP contribution in [0.1, 0.15) is 18.1 Å². The van der Waals surface area contributed by atoms with Crippen molar-refractivity contribution in [3.63, 3.8) is 0 Å². The average molecular weight is 209 g/mol. The van der Waals surface area contributed by atoms with Crippen LogP contribution in [0.2, 0.25) is 0 Å². The monoisotopic (exact) mass is 209 g/mol. The SMILES string of the molecule is O=[N+]([O-])c1ccc(C(O)CC2CO2)cc1. The molecular weight excluding hydrogens is 198 g/mol. The van der Waals surface area contributed by atoms with Gasteiger partial charge in [-0.3, -0.25) is 10.1 Å². The first-order valence-electron chi connectivity index (χ1n) is 4.71. The van der Waals surface area contributed by atoms with Gasteiger partial charge >= 0.3 is 0 Å². The minimum atomic E-state index is -0.599. The van der Waals surface area contributed by atoms with Gasteiger partial charge in [0.25, 0.3) is 5.69 Å². The Morgan fingerprint density at radius 3 is 2.60 bits per heavy atom. The Morgan fingerprint density at radius 1 is 1.53 bits per heavy atom. The van der Waals surface area contributed by atoms with E-state index >= 15 is 0 Å². The summed E-state index contributed by atoms with van der Waals surface area (Å²) in [6, 6.07) is 5.94. The molecule has 1 aromatic carbocycles. The van der Waals surface area contributed by atoms with E-state index < -0.39 is 11.0 Å². The number of epoxide rings is 1. The summed E-state index contributed by atoms with van der Waals surface area (Å²) in [4.78, 5) is 9.93. The van der Waals surface area contributed by atoms with Crippen LogP contribution in [0.15, 0.2) is 24.3 Å². The fourth-order valence-electron chi connectivity index (χ4n) is 1.41. The number of hydrogen-bond donors (Lipinski definition) is 1. The van der Waals surface area contributed by atoms with Gasteiger partial charge in [0.15, 0.2) is 0 Å². The van der Waals surface area contributed by atoms with Crippen LogP contribution in [0.5, 0.6) is 0 Å². The number of non-ortho nitro benzene ring substituents is 1. The van der Waals surface area contributed by atoms with Crippen LogP contribution >= 0.6 is 0 Å². The molecule has 80 valence electrons. The minimum Gasteiger partial charge on any atom is -0.388 e. The van der Waals surface area contributed by atoms with Crippen molar-refractivity contribution in [2.45, 2.75) is 18.6 Å².